The zero-order valence-electron chi connectivity index (χ0n) is 14.1. The molecule has 1 atom stereocenters. The third-order valence-electron chi connectivity index (χ3n) is 4.20. The lowest BCUT2D eigenvalue weighted by molar-refractivity contribution is -0.275. The Morgan fingerprint density at radius 2 is 1.68 bits per heavy atom. The molecule has 0 fully saturated rings. The minimum Gasteiger partial charge on any atom is -0.374 e. The van der Waals surface area contributed by atoms with E-state index in [4.69, 9.17) is 51.2 Å². The van der Waals surface area contributed by atoms with Gasteiger partial charge in [-0.05, 0) is 24.3 Å². The molecule has 150 valence electrons. The highest BCUT2D eigenvalue weighted by Gasteiger charge is 2.62. The number of hydrogen-bond donors (Lipinski definition) is 2. The highest BCUT2D eigenvalue weighted by atomic mass is 35.5. The molecular weight excluding hydrogens is 461 g/mol. The average molecular weight is 473 g/mol. The number of benzene rings is 2. The topological polar surface area (TPSA) is 45.7 Å². The van der Waals surface area contributed by atoms with Crippen molar-refractivity contribution < 1.29 is 18.0 Å². The Bertz CT molecular complexity index is 929. The summed E-state index contributed by atoms with van der Waals surface area (Å²) in [5.74, 6) is 0. The molecule has 2 N–H and O–H groups in total. The average Bonchev–Trinajstić information content (AvgIpc) is 3.08. The molecule has 4 nitrogen and oxygen atoms in total. The number of oxime groups is 1. The van der Waals surface area contributed by atoms with Crippen molar-refractivity contribution in [2.24, 2.45) is 5.16 Å². The van der Waals surface area contributed by atoms with Gasteiger partial charge in [-0.2, -0.15) is 13.2 Å². The second kappa shape index (κ2) is 7.80. The lowest BCUT2D eigenvalue weighted by Gasteiger charge is -2.30. The summed E-state index contributed by atoms with van der Waals surface area (Å²) in [5.41, 5.74) is 3.45. The third-order valence-corrected chi connectivity index (χ3v) is 5.72. The molecule has 0 aromatic heterocycles. The van der Waals surface area contributed by atoms with E-state index >= 15 is 0 Å². The molecule has 11 heteroatoms. The number of hydrogen-bond acceptors (Lipinski definition) is 4. The van der Waals surface area contributed by atoms with E-state index in [-0.39, 0.29) is 26.3 Å². The van der Waals surface area contributed by atoms with Gasteiger partial charge in [0.05, 0.1) is 31.5 Å². The van der Waals surface area contributed by atoms with Gasteiger partial charge in [0.25, 0.3) is 5.60 Å². The normalized spacial score (nSPS) is 19.4. The van der Waals surface area contributed by atoms with E-state index in [1.807, 2.05) is 0 Å². The minimum absolute atomic E-state index is 0.0379. The second-order valence-corrected chi connectivity index (χ2v) is 7.55. The maximum atomic E-state index is 14.1. The third kappa shape index (κ3) is 3.74. The van der Waals surface area contributed by atoms with Gasteiger partial charge in [0.2, 0.25) is 0 Å². The molecule has 1 aliphatic rings. The van der Waals surface area contributed by atoms with E-state index in [1.54, 1.807) is 25.2 Å². The van der Waals surface area contributed by atoms with E-state index in [9.17, 15) is 13.2 Å². The number of hydrazine groups is 1. The lowest BCUT2D eigenvalue weighted by atomic mass is 9.86. The summed E-state index contributed by atoms with van der Waals surface area (Å²) in [6.07, 6.45) is -5.37. The molecule has 0 saturated carbocycles. The van der Waals surface area contributed by atoms with Crippen molar-refractivity contribution in [3.05, 3.63) is 61.5 Å². The highest BCUT2D eigenvalue weighted by molar-refractivity contribution is 6.48. The number of anilines is 1. The van der Waals surface area contributed by atoms with Crippen molar-refractivity contribution in [2.45, 2.75) is 18.2 Å². The van der Waals surface area contributed by atoms with Crippen molar-refractivity contribution in [1.82, 2.24) is 5.43 Å². The maximum absolute atomic E-state index is 14.1. The number of halogens is 7. The van der Waals surface area contributed by atoms with Crippen LogP contribution in [0.4, 0.5) is 18.9 Å². The van der Waals surface area contributed by atoms with Gasteiger partial charge in [-0.25, -0.2) is 5.43 Å². The fourth-order valence-corrected chi connectivity index (χ4v) is 3.54. The van der Waals surface area contributed by atoms with Crippen LogP contribution in [0.3, 0.4) is 0 Å². The SMILES string of the molecule is CNNc1cc(C2=NOC(c3cc(Cl)c(Cl)c(Cl)c3)(C(F)(F)F)C2)ccc1Cl. The molecule has 28 heavy (non-hydrogen) atoms. The zero-order valence-corrected chi connectivity index (χ0v) is 17.1. The molecule has 0 amide bonds. The van der Waals surface area contributed by atoms with Crippen molar-refractivity contribution in [3.8, 4) is 0 Å². The van der Waals surface area contributed by atoms with Crippen molar-refractivity contribution in [2.75, 3.05) is 12.5 Å². The Balaban J connectivity index is 2.03. The summed E-state index contributed by atoms with van der Waals surface area (Å²) in [7, 11) is 1.63. The summed E-state index contributed by atoms with van der Waals surface area (Å²) in [5, 5.41) is 3.82. The summed E-state index contributed by atoms with van der Waals surface area (Å²) in [6, 6.07) is 6.83. The molecule has 0 bridgehead atoms. The molecule has 0 radical (unpaired) electrons. The van der Waals surface area contributed by atoms with E-state index in [0.29, 0.717) is 16.3 Å². The summed E-state index contributed by atoms with van der Waals surface area (Å²) >= 11 is 23.8. The minimum atomic E-state index is -4.79. The predicted molar refractivity (Wildman–Crippen MR) is 106 cm³/mol. The fraction of sp³-hybridized carbons (Fsp3) is 0.235. The maximum Gasteiger partial charge on any atom is 0.435 e. The summed E-state index contributed by atoms with van der Waals surface area (Å²) in [6.45, 7) is 0. The van der Waals surface area contributed by atoms with Crippen LogP contribution >= 0.6 is 46.4 Å². The fourth-order valence-electron chi connectivity index (χ4n) is 2.78. The summed E-state index contributed by atoms with van der Waals surface area (Å²) < 4.78 is 42.2. The van der Waals surface area contributed by atoms with Gasteiger partial charge in [-0.15, -0.1) is 0 Å². The van der Waals surface area contributed by atoms with Crippen molar-refractivity contribution >= 4 is 57.8 Å². The van der Waals surface area contributed by atoms with Crippen LogP contribution in [0.15, 0.2) is 35.5 Å². The Morgan fingerprint density at radius 3 is 2.25 bits per heavy atom. The molecule has 2 aromatic carbocycles. The number of alkyl halides is 3. The Kier molecular flexibility index (Phi) is 5.94. The van der Waals surface area contributed by atoms with Crippen LogP contribution in [-0.4, -0.2) is 18.9 Å². The molecule has 0 saturated heterocycles. The first kappa shape index (κ1) is 21.3. The van der Waals surface area contributed by atoms with Gasteiger partial charge < -0.3 is 10.3 Å². The smallest absolute Gasteiger partial charge is 0.374 e. The molecule has 1 unspecified atom stereocenters. The molecule has 1 aliphatic heterocycles. The van der Waals surface area contributed by atoms with Gasteiger partial charge in [0.15, 0.2) is 0 Å². The second-order valence-electron chi connectivity index (χ2n) is 5.95. The van der Waals surface area contributed by atoms with E-state index < -0.39 is 18.2 Å². The van der Waals surface area contributed by atoms with Crippen LogP contribution in [0.2, 0.25) is 20.1 Å². The quantitative estimate of drug-likeness (QED) is 0.398. The zero-order chi connectivity index (χ0) is 20.7. The first-order chi connectivity index (χ1) is 13.1. The molecule has 0 spiro atoms. The number of rotatable bonds is 4. The molecule has 0 aliphatic carbocycles. The van der Waals surface area contributed by atoms with Crippen LogP contribution in [0.25, 0.3) is 0 Å². The van der Waals surface area contributed by atoms with Gasteiger partial charge in [-0.1, -0.05) is 57.6 Å². The van der Waals surface area contributed by atoms with Crippen LogP contribution in [0, 0.1) is 0 Å². The van der Waals surface area contributed by atoms with Gasteiger partial charge in [0, 0.05) is 24.6 Å². The van der Waals surface area contributed by atoms with Gasteiger partial charge >= 0.3 is 6.18 Å². The van der Waals surface area contributed by atoms with Gasteiger partial charge in [0.1, 0.15) is 0 Å². The van der Waals surface area contributed by atoms with Gasteiger partial charge in [-0.3, -0.25) is 0 Å². The summed E-state index contributed by atoms with van der Waals surface area (Å²) in [4.78, 5) is 4.97. The molecule has 2 aromatic rings. The Labute approximate surface area is 178 Å². The van der Waals surface area contributed by atoms with Crippen molar-refractivity contribution in [1.29, 1.82) is 0 Å². The first-order valence-corrected chi connectivity index (χ1v) is 9.29. The number of nitrogens with one attached hydrogen (secondary N) is 2. The Hall–Kier alpha value is -1.38. The van der Waals surface area contributed by atoms with Crippen LogP contribution in [0.5, 0.6) is 0 Å². The Morgan fingerprint density at radius 1 is 1.04 bits per heavy atom. The van der Waals surface area contributed by atoms with E-state index in [1.165, 1.54) is 0 Å². The van der Waals surface area contributed by atoms with Crippen LogP contribution in [-0.2, 0) is 10.4 Å². The van der Waals surface area contributed by atoms with Crippen molar-refractivity contribution in [3.63, 3.8) is 0 Å². The van der Waals surface area contributed by atoms with E-state index in [2.05, 4.69) is 16.0 Å². The molecule has 1 heterocycles. The number of nitrogens with zero attached hydrogens (tertiary/aromatic N) is 1. The van der Waals surface area contributed by atoms with E-state index in [0.717, 1.165) is 12.1 Å². The molecule has 3 rings (SSSR count). The standard InChI is InChI=1S/C17H12Cl4F3N3O/c1-25-26-13-4-8(2-3-10(13)18)14-7-16(28-27-14,17(22,23)24)9-5-11(19)15(21)12(20)6-9/h2-6,25-26H,7H2,1H3. The highest BCUT2D eigenvalue weighted by Crippen LogP contribution is 2.50. The predicted octanol–water partition coefficient (Wildman–Crippen LogP) is 6.43. The van der Waals surface area contributed by atoms with Crippen LogP contribution in [0.1, 0.15) is 17.5 Å². The molecular formula is C17H12Cl4F3N3O. The largest absolute Gasteiger partial charge is 0.435 e. The monoisotopic (exact) mass is 471 g/mol. The first-order valence-electron chi connectivity index (χ1n) is 7.78. The lowest BCUT2D eigenvalue weighted by Crippen LogP contribution is -2.42. The van der Waals surface area contributed by atoms with Crippen LogP contribution < -0.4 is 10.9 Å².